The second kappa shape index (κ2) is 7.34. The van der Waals surface area contributed by atoms with Crippen LogP contribution in [0.3, 0.4) is 0 Å². The van der Waals surface area contributed by atoms with Crippen LogP contribution in [0.1, 0.15) is 31.5 Å². The number of carbonyl (C=O) groups is 2. The highest BCUT2D eigenvalue weighted by molar-refractivity contribution is 5.73. The number of hydrogen-bond acceptors (Lipinski definition) is 5. The fourth-order valence-corrected chi connectivity index (χ4v) is 1.37. The molecule has 0 saturated heterocycles. The minimum atomic E-state index is -0.822. The molecule has 0 bridgehead atoms. The van der Waals surface area contributed by atoms with Gasteiger partial charge in [-0.15, -0.1) is 0 Å². The SMILES string of the molecule is Cc1nc(CNC(=O)NCCCC(C)C(=O)O)no1. The Kier molecular flexibility index (Phi) is 5.77. The molecule has 0 aliphatic heterocycles. The van der Waals surface area contributed by atoms with E-state index in [1.54, 1.807) is 13.8 Å². The van der Waals surface area contributed by atoms with E-state index in [9.17, 15) is 9.59 Å². The minimum Gasteiger partial charge on any atom is -0.481 e. The van der Waals surface area contributed by atoms with Crippen LogP contribution < -0.4 is 10.6 Å². The predicted molar refractivity (Wildman–Crippen MR) is 65.3 cm³/mol. The highest BCUT2D eigenvalue weighted by Crippen LogP contribution is 2.04. The van der Waals surface area contributed by atoms with Crippen molar-refractivity contribution in [2.45, 2.75) is 33.2 Å². The zero-order valence-electron chi connectivity index (χ0n) is 11.0. The molecule has 3 N–H and O–H groups in total. The number of carboxylic acid groups (broad SMARTS) is 1. The zero-order valence-corrected chi connectivity index (χ0v) is 11.0. The molecule has 0 fully saturated rings. The zero-order chi connectivity index (χ0) is 14.3. The van der Waals surface area contributed by atoms with Crippen LogP contribution in [0.15, 0.2) is 4.52 Å². The summed E-state index contributed by atoms with van der Waals surface area (Å²) in [5, 5.41) is 17.5. The van der Waals surface area contributed by atoms with Crippen molar-refractivity contribution in [3.8, 4) is 0 Å². The quantitative estimate of drug-likeness (QED) is 0.627. The highest BCUT2D eigenvalue weighted by atomic mass is 16.5. The van der Waals surface area contributed by atoms with Gasteiger partial charge in [-0.05, 0) is 12.8 Å². The Morgan fingerprint density at radius 1 is 1.42 bits per heavy atom. The molecule has 0 radical (unpaired) electrons. The Balaban J connectivity index is 2.10. The molecule has 1 aromatic heterocycles. The fraction of sp³-hybridized carbons (Fsp3) is 0.636. The smallest absolute Gasteiger partial charge is 0.315 e. The summed E-state index contributed by atoms with van der Waals surface area (Å²) in [6.45, 7) is 3.92. The van der Waals surface area contributed by atoms with E-state index in [-0.39, 0.29) is 12.6 Å². The van der Waals surface area contributed by atoms with Gasteiger partial charge in [-0.25, -0.2) is 4.79 Å². The number of carboxylic acids is 1. The van der Waals surface area contributed by atoms with Crippen LogP contribution in [0.2, 0.25) is 0 Å². The van der Waals surface area contributed by atoms with E-state index in [4.69, 9.17) is 9.63 Å². The monoisotopic (exact) mass is 270 g/mol. The Hall–Kier alpha value is -2.12. The summed E-state index contributed by atoms with van der Waals surface area (Å²) in [6.07, 6.45) is 1.14. The summed E-state index contributed by atoms with van der Waals surface area (Å²) < 4.78 is 4.76. The topological polar surface area (TPSA) is 117 Å². The Morgan fingerprint density at radius 2 is 2.16 bits per heavy atom. The minimum absolute atomic E-state index is 0.189. The number of nitrogens with zero attached hydrogens (tertiary/aromatic N) is 2. The second-order valence-corrected chi connectivity index (χ2v) is 4.22. The summed E-state index contributed by atoms with van der Waals surface area (Å²) in [4.78, 5) is 25.9. The third kappa shape index (κ3) is 5.84. The Labute approximate surface area is 110 Å². The molecule has 19 heavy (non-hydrogen) atoms. The number of urea groups is 1. The lowest BCUT2D eigenvalue weighted by Crippen LogP contribution is -2.36. The fourth-order valence-electron chi connectivity index (χ4n) is 1.37. The van der Waals surface area contributed by atoms with Gasteiger partial charge in [-0.2, -0.15) is 4.98 Å². The molecule has 2 amide bonds. The van der Waals surface area contributed by atoms with Gasteiger partial charge in [-0.1, -0.05) is 12.1 Å². The lowest BCUT2D eigenvalue weighted by molar-refractivity contribution is -0.141. The maximum absolute atomic E-state index is 11.4. The lowest BCUT2D eigenvalue weighted by Gasteiger charge is -2.07. The maximum atomic E-state index is 11.4. The summed E-state index contributed by atoms with van der Waals surface area (Å²) in [5.41, 5.74) is 0. The molecule has 106 valence electrons. The predicted octanol–water partition coefficient (Wildman–Crippen LogP) is 0.678. The van der Waals surface area contributed by atoms with E-state index in [1.807, 2.05) is 0 Å². The van der Waals surface area contributed by atoms with Crippen LogP contribution in [-0.2, 0) is 11.3 Å². The molecular formula is C11H18N4O4. The molecule has 0 aromatic carbocycles. The van der Waals surface area contributed by atoms with Gasteiger partial charge >= 0.3 is 12.0 Å². The van der Waals surface area contributed by atoms with Crippen molar-refractivity contribution in [1.82, 2.24) is 20.8 Å². The standard InChI is InChI=1S/C11H18N4O4/c1-7(10(16)17)4-3-5-12-11(18)13-6-9-14-8(2)19-15-9/h7H,3-6H2,1-2H3,(H,16,17)(H2,12,13,18). The summed E-state index contributed by atoms with van der Waals surface area (Å²) >= 11 is 0. The van der Waals surface area contributed by atoms with Crippen molar-refractivity contribution in [2.24, 2.45) is 5.92 Å². The van der Waals surface area contributed by atoms with E-state index in [2.05, 4.69) is 20.8 Å². The molecule has 1 aromatic rings. The Morgan fingerprint density at radius 3 is 2.74 bits per heavy atom. The largest absolute Gasteiger partial charge is 0.481 e. The van der Waals surface area contributed by atoms with Crippen molar-refractivity contribution in [1.29, 1.82) is 0 Å². The van der Waals surface area contributed by atoms with Gasteiger partial charge in [0, 0.05) is 13.5 Å². The summed E-state index contributed by atoms with van der Waals surface area (Å²) in [6, 6.07) is -0.342. The maximum Gasteiger partial charge on any atom is 0.315 e. The normalized spacial score (nSPS) is 11.9. The van der Waals surface area contributed by atoms with Crippen molar-refractivity contribution >= 4 is 12.0 Å². The van der Waals surface area contributed by atoms with E-state index in [0.717, 1.165) is 0 Å². The van der Waals surface area contributed by atoms with Gasteiger partial charge in [0.15, 0.2) is 5.82 Å². The van der Waals surface area contributed by atoms with Crippen LogP contribution in [0, 0.1) is 12.8 Å². The molecule has 1 heterocycles. The molecular weight excluding hydrogens is 252 g/mol. The van der Waals surface area contributed by atoms with Crippen LogP contribution in [0.4, 0.5) is 4.79 Å². The van der Waals surface area contributed by atoms with Gasteiger partial charge in [-0.3, -0.25) is 4.79 Å². The van der Waals surface area contributed by atoms with Crippen LogP contribution in [0.25, 0.3) is 0 Å². The van der Waals surface area contributed by atoms with Gasteiger partial charge in [0.2, 0.25) is 5.89 Å². The van der Waals surface area contributed by atoms with Gasteiger partial charge in [0.1, 0.15) is 0 Å². The number of hydrogen-bond donors (Lipinski definition) is 3. The van der Waals surface area contributed by atoms with Crippen LogP contribution >= 0.6 is 0 Å². The third-order valence-electron chi connectivity index (χ3n) is 2.50. The number of aliphatic carboxylic acids is 1. The molecule has 1 rings (SSSR count). The van der Waals surface area contributed by atoms with E-state index in [1.165, 1.54) is 0 Å². The number of rotatable bonds is 7. The summed E-state index contributed by atoms with van der Waals surface area (Å²) in [7, 11) is 0. The first kappa shape index (κ1) is 14.9. The molecule has 8 nitrogen and oxygen atoms in total. The van der Waals surface area contributed by atoms with Gasteiger partial charge < -0.3 is 20.3 Å². The molecule has 1 unspecified atom stereocenters. The van der Waals surface area contributed by atoms with Crippen molar-refractivity contribution in [3.05, 3.63) is 11.7 Å². The number of aryl methyl sites for hydroxylation is 1. The van der Waals surface area contributed by atoms with Crippen LogP contribution in [0.5, 0.6) is 0 Å². The van der Waals surface area contributed by atoms with E-state index >= 15 is 0 Å². The average molecular weight is 270 g/mol. The highest BCUT2D eigenvalue weighted by Gasteiger charge is 2.10. The van der Waals surface area contributed by atoms with Crippen molar-refractivity contribution < 1.29 is 19.2 Å². The number of amides is 2. The van der Waals surface area contributed by atoms with Crippen molar-refractivity contribution in [2.75, 3.05) is 6.54 Å². The lowest BCUT2D eigenvalue weighted by atomic mass is 10.1. The number of aromatic nitrogens is 2. The molecule has 0 saturated carbocycles. The van der Waals surface area contributed by atoms with E-state index < -0.39 is 11.9 Å². The molecule has 0 aliphatic carbocycles. The number of carbonyl (C=O) groups excluding carboxylic acids is 1. The van der Waals surface area contributed by atoms with Gasteiger partial charge in [0.25, 0.3) is 0 Å². The Bertz CT molecular complexity index is 432. The molecule has 8 heteroatoms. The van der Waals surface area contributed by atoms with E-state index in [0.29, 0.717) is 31.1 Å². The average Bonchev–Trinajstić information content (AvgIpc) is 2.77. The molecule has 1 atom stereocenters. The molecule has 0 aliphatic rings. The first-order valence-corrected chi connectivity index (χ1v) is 6.02. The summed E-state index contributed by atoms with van der Waals surface area (Å²) in [5.74, 6) is -0.365. The third-order valence-corrected chi connectivity index (χ3v) is 2.50. The van der Waals surface area contributed by atoms with Crippen LogP contribution in [-0.4, -0.2) is 33.8 Å². The second-order valence-electron chi connectivity index (χ2n) is 4.22. The number of nitrogens with one attached hydrogen (secondary N) is 2. The first-order valence-electron chi connectivity index (χ1n) is 6.02. The first-order chi connectivity index (χ1) is 8.99. The van der Waals surface area contributed by atoms with Gasteiger partial charge in [0.05, 0.1) is 12.5 Å². The molecule has 0 spiro atoms. The van der Waals surface area contributed by atoms with Crippen molar-refractivity contribution in [3.63, 3.8) is 0 Å².